The molecule has 1 heterocycles. The molecule has 1 aromatic heterocycles. The molecule has 122 valence electrons. The molecule has 0 radical (unpaired) electrons. The lowest BCUT2D eigenvalue weighted by molar-refractivity contribution is -0.116. The number of nitrogens with one attached hydrogen (secondary N) is 1. The Balaban J connectivity index is 1.84. The van der Waals surface area contributed by atoms with E-state index in [0.29, 0.717) is 6.42 Å². The summed E-state index contributed by atoms with van der Waals surface area (Å²) < 4.78 is 0. The number of aromatic nitrogens is 1. The molecule has 0 atom stereocenters. The van der Waals surface area contributed by atoms with Crippen LogP contribution >= 0.6 is 0 Å². The van der Waals surface area contributed by atoms with Crippen molar-refractivity contribution in [1.82, 2.24) is 4.98 Å². The second-order valence-corrected chi connectivity index (χ2v) is 5.73. The lowest BCUT2D eigenvalue weighted by Gasteiger charge is -2.19. The Kier molecular flexibility index (Phi) is 6.60. The molecule has 0 fully saturated rings. The van der Waals surface area contributed by atoms with E-state index in [4.69, 9.17) is 0 Å². The Labute approximate surface area is 138 Å². The highest BCUT2D eigenvalue weighted by molar-refractivity contribution is 5.90. The number of rotatable bonds is 8. The molecule has 1 aromatic carbocycles. The van der Waals surface area contributed by atoms with Gasteiger partial charge in [-0.15, -0.1) is 0 Å². The van der Waals surface area contributed by atoms with Crippen molar-refractivity contribution in [2.24, 2.45) is 0 Å². The molecule has 0 aliphatic heterocycles. The van der Waals surface area contributed by atoms with Gasteiger partial charge in [0.05, 0.1) is 0 Å². The minimum atomic E-state index is 0.0886. The number of benzene rings is 1. The quantitative estimate of drug-likeness (QED) is 0.804. The molecular weight excluding hydrogens is 286 g/mol. The fourth-order valence-corrected chi connectivity index (χ4v) is 2.34. The van der Waals surface area contributed by atoms with Gasteiger partial charge in [-0.3, -0.25) is 9.78 Å². The number of carbonyl (C=O) groups is 1. The molecule has 4 nitrogen and oxygen atoms in total. The van der Waals surface area contributed by atoms with Crippen LogP contribution in [0, 0.1) is 0 Å². The van der Waals surface area contributed by atoms with Gasteiger partial charge < -0.3 is 10.2 Å². The van der Waals surface area contributed by atoms with Crippen LogP contribution in [0.2, 0.25) is 0 Å². The Morgan fingerprint density at radius 2 is 1.83 bits per heavy atom. The summed E-state index contributed by atoms with van der Waals surface area (Å²) in [7, 11) is 2.08. The first-order chi connectivity index (χ1) is 11.2. The topological polar surface area (TPSA) is 45.2 Å². The number of likely N-dealkylation sites (N-methyl/N-ethyl adjacent to an activating group) is 1. The molecule has 0 saturated carbocycles. The lowest BCUT2D eigenvalue weighted by Crippen LogP contribution is -2.20. The molecule has 0 saturated heterocycles. The fourth-order valence-electron chi connectivity index (χ4n) is 2.34. The number of anilines is 2. The van der Waals surface area contributed by atoms with Crippen molar-refractivity contribution in [3.8, 4) is 0 Å². The summed E-state index contributed by atoms with van der Waals surface area (Å²) in [4.78, 5) is 18.0. The Hall–Kier alpha value is -2.36. The summed E-state index contributed by atoms with van der Waals surface area (Å²) in [5, 5.41) is 2.94. The Bertz CT molecular complexity index is 596. The molecule has 0 bridgehead atoms. The summed E-state index contributed by atoms with van der Waals surface area (Å²) in [6.07, 6.45) is 7.19. The van der Waals surface area contributed by atoms with E-state index in [9.17, 15) is 4.79 Å². The molecule has 2 aromatic rings. The van der Waals surface area contributed by atoms with Crippen LogP contribution in [0.15, 0.2) is 48.8 Å². The smallest absolute Gasteiger partial charge is 0.224 e. The van der Waals surface area contributed by atoms with Gasteiger partial charge in [-0.25, -0.2) is 0 Å². The van der Waals surface area contributed by atoms with E-state index in [2.05, 4.69) is 29.2 Å². The average molecular weight is 311 g/mol. The SMILES string of the molecule is CCCCC(=O)Nc1ccc(N(C)CCc2ccncc2)cc1. The summed E-state index contributed by atoms with van der Waals surface area (Å²) in [5.74, 6) is 0.0886. The molecule has 1 amide bonds. The number of amides is 1. The lowest BCUT2D eigenvalue weighted by atomic mass is 10.2. The van der Waals surface area contributed by atoms with Crippen LogP contribution in [0.25, 0.3) is 0 Å². The fraction of sp³-hybridized carbons (Fsp3) is 0.368. The molecule has 0 aliphatic rings. The third-order valence-corrected chi connectivity index (χ3v) is 3.83. The number of hydrogen-bond donors (Lipinski definition) is 1. The third-order valence-electron chi connectivity index (χ3n) is 3.83. The predicted molar refractivity (Wildman–Crippen MR) is 95.8 cm³/mol. The van der Waals surface area contributed by atoms with Crippen LogP contribution in [0.1, 0.15) is 31.7 Å². The van der Waals surface area contributed by atoms with Crippen LogP contribution in [0.5, 0.6) is 0 Å². The summed E-state index contributed by atoms with van der Waals surface area (Å²) in [6, 6.07) is 12.1. The zero-order chi connectivity index (χ0) is 16.5. The van der Waals surface area contributed by atoms with Crippen molar-refractivity contribution in [2.75, 3.05) is 23.8 Å². The van der Waals surface area contributed by atoms with Gasteiger partial charge in [0, 0.05) is 43.8 Å². The number of unbranched alkanes of at least 4 members (excludes halogenated alkanes) is 1. The molecule has 0 unspecified atom stereocenters. The monoisotopic (exact) mass is 311 g/mol. The first-order valence-electron chi connectivity index (χ1n) is 8.19. The van der Waals surface area contributed by atoms with Gasteiger partial charge in [0.15, 0.2) is 0 Å². The second-order valence-electron chi connectivity index (χ2n) is 5.73. The van der Waals surface area contributed by atoms with Gasteiger partial charge in [-0.05, 0) is 54.8 Å². The van der Waals surface area contributed by atoms with Gasteiger partial charge in [0.1, 0.15) is 0 Å². The van der Waals surface area contributed by atoms with Crippen molar-refractivity contribution in [1.29, 1.82) is 0 Å². The van der Waals surface area contributed by atoms with E-state index in [1.807, 2.05) is 48.8 Å². The zero-order valence-electron chi connectivity index (χ0n) is 14.0. The van der Waals surface area contributed by atoms with Crippen molar-refractivity contribution in [2.45, 2.75) is 32.6 Å². The summed E-state index contributed by atoms with van der Waals surface area (Å²) in [6.45, 7) is 3.02. The predicted octanol–water partition coefficient (Wildman–Crippen LogP) is 3.89. The van der Waals surface area contributed by atoms with Gasteiger partial charge in [-0.1, -0.05) is 13.3 Å². The largest absolute Gasteiger partial charge is 0.374 e. The first kappa shape index (κ1) is 17.0. The minimum absolute atomic E-state index is 0.0886. The maximum Gasteiger partial charge on any atom is 0.224 e. The summed E-state index contributed by atoms with van der Waals surface area (Å²) >= 11 is 0. The van der Waals surface area contributed by atoms with Crippen LogP contribution in [0.4, 0.5) is 11.4 Å². The normalized spacial score (nSPS) is 10.3. The number of carbonyl (C=O) groups excluding carboxylic acids is 1. The maximum absolute atomic E-state index is 11.7. The average Bonchev–Trinajstić information content (AvgIpc) is 2.59. The third kappa shape index (κ3) is 5.74. The van der Waals surface area contributed by atoms with Crippen molar-refractivity contribution in [3.05, 3.63) is 54.4 Å². The highest BCUT2D eigenvalue weighted by Gasteiger charge is 2.04. The van der Waals surface area contributed by atoms with Crippen LogP contribution in [0.3, 0.4) is 0 Å². The van der Waals surface area contributed by atoms with Crippen LogP contribution < -0.4 is 10.2 Å². The van der Waals surface area contributed by atoms with E-state index in [1.54, 1.807) is 0 Å². The number of nitrogens with zero attached hydrogens (tertiary/aromatic N) is 2. The second kappa shape index (κ2) is 8.93. The molecular formula is C19H25N3O. The minimum Gasteiger partial charge on any atom is -0.374 e. The Morgan fingerprint density at radius 1 is 1.13 bits per heavy atom. The number of hydrogen-bond acceptors (Lipinski definition) is 3. The van der Waals surface area contributed by atoms with Crippen molar-refractivity contribution >= 4 is 17.3 Å². The molecule has 1 N–H and O–H groups in total. The first-order valence-corrected chi connectivity index (χ1v) is 8.19. The standard InChI is InChI=1S/C19H25N3O/c1-3-4-5-19(23)21-17-6-8-18(9-7-17)22(2)15-12-16-10-13-20-14-11-16/h6-11,13-14H,3-5,12,15H2,1-2H3,(H,21,23). The van der Waals surface area contributed by atoms with E-state index in [-0.39, 0.29) is 5.91 Å². The van der Waals surface area contributed by atoms with Gasteiger partial charge in [0.2, 0.25) is 5.91 Å². The molecule has 0 spiro atoms. The van der Waals surface area contributed by atoms with Crippen LogP contribution in [-0.4, -0.2) is 24.5 Å². The zero-order valence-corrected chi connectivity index (χ0v) is 14.0. The molecule has 0 aliphatic carbocycles. The van der Waals surface area contributed by atoms with Gasteiger partial charge in [0.25, 0.3) is 0 Å². The maximum atomic E-state index is 11.7. The molecule has 4 heteroatoms. The van der Waals surface area contributed by atoms with Crippen molar-refractivity contribution in [3.63, 3.8) is 0 Å². The molecule has 2 rings (SSSR count). The van der Waals surface area contributed by atoms with Gasteiger partial charge in [-0.2, -0.15) is 0 Å². The number of pyridine rings is 1. The van der Waals surface area contributed by atoms with E-state index in [0.717, 1.165) is 37.2 Å². The Morgan fingerprint density at radius 3 is 2.48 bits per heavy atom. The van der Waals surface area contributed by atoms with E-state index >= 15 is 0 Å². The highest BCUT2D eigenvalue weighted by Crippen LogP contribution is 2.17. The van der Waals surface area contributed by atoms with E-state index < -0.39 is 0 Å². The highest BCUT2D eigenvalue weighted by atomic mass is 16.1. The van der Waals surface area contributed by atoms with Gasteiger partial charge >= 0.3 is 0 Å². The van der Waals surface area contributed by atoms with E-state index in [1.165, 1.54) is 5.56 Å². The summed E-state index contributed by atoms with van der Waals surface area (Å²) in [5.41, 5.74) is 3.29. The van der Waals surface area contributed by atoms with Crippen molar-refractivity contribution < 1.29 is 4.79 Å². The van der Waals surface area contributed by atoms with Crippen LogP contribution in [-0.2, 0) is 11.2 Å². The molecule has 23 heavy (non-hydrogen) atoms.